The lowest BCUT2D eigenvalue weighted by Gasteiger charge is -2.28. The third-order valence-corrected chi connectivity index (χ3v) is 4.73. The van der Waals surface area contributed by atoms with Crippen molar-refractivity contribution >= 4 is 21.6 Å². The lowest BCUT2D eigenvalue weighted by Crippen LogP contribution is -2.32. The van der Waals surface area contributed by atoms with Crippen LogP contribution in [0.3, 0.4) is 0 Å². The van der Waals surface area contributed by atoms with E-state index in [1.54, 1.807) is 6.07 Å². The van der Waals surface area contributed by atoms with Gasteiger partial charge < -0.3 is 10.1 Å². The van der Waals surface area contributed by atoms with E-state index in [1.807, 2.05) is 13.1 Å². The van der Waals surface area contributed by atoms with Crippen LogP contribution in [0.5, 0.6) is 0 Å². The van der Waals surface area contributed by atoms with E-state index >= 15 is 0 Å². The normalized spacial score (nSPS) is 22.7. The molecule has 0 bridgehead atoms. The fourth-order valence-electron chi connectivity index (χ4n) is 2.54. The summed E-state index contributed by atoms with van der Waals surface area (Å²) in [5.74, 6) is 0. The molecule has 0 saturated heterocycles. The molecular weight excluding hydrogens is 324 g/mol. The molecule has 110 valence electrons. The molecule has 0 aliphatic heterocycles. The standard InChI is InChI=1S/C14H19BrN2O3/c1-16-11-5-7-12(8-6-11)20-9-10-3-2-4-13(14(10)15)17(18)19/h2-4,11-12,16H,5-9H2,1H3. The highest BCUT2D eigenvalue weighted by Crippen LogP contribution is 2.30. The van der Waals surface area contributed by atoms with Crippen LogP contribution >= 0.6 is 15.9 Å². The van der Waals surface area contributed by atoms with Crippen molar-refractivity contribution in [2.75, 3.05) is 7.05 Å². The smallest absolute Gasteiger partial charge is 0.283 e. The number of halogens is 1. The average Bonchev–Trinajstić information content (AvgIpc) is 2.46. The Morgan fingerprint density at radius 1 is 1.40 bits per heavy atom. The summed E-state index contributed by atoms with van der Waals surface area (Å²) in [6.07, 6.45) is 4.58. The second-order valence-corrected chi connectivity index (χ2v) is 5.87. The van der Waals surface area contributed by atoms with Gasteiger partial charge in [0.1, 0.15) is 4.47 Å². The van der Waals surface area contributed by atoms with Gasteiger partial charge in [-0.25, -0.2) is 0 Å². The second kappa shape index (κ2) is 7.15. The maximum Gasteiger partial charge on any atom is 0.283 e. The molecule has 0 spiro atoms. The van der Waals surface area contributed by atoms with E-state index in [4.69, 9.17) is 4.74 Å². The Labute approximate surface area is 127 Å². The van der Waals surface area contributed by atoms with Gasteiger partial charge in [-0.2, -0.15) is 0 Å². The molecule has 1 fully saturated rings. The fraction of sp³-hybridized carbons (Fsp3) is 0.571. The van der Waals surface area contributed by atoms with Crippen molar-refractivity contribution < 1.29 is 9.66 Å². The molecule has 0 heterocycles. The largest absolute Gasteiger partial charge is 0.373 e. The van der Waals surface area contributed by atoms with Crippen LogP contribution in [0.25, 0.3) is 0 Å². The van der Waals surface area contributed by atoms with Crippen molar-refractivity contribution in [2.45, 2.75) is 44.4 Å². The van der Waals surface area contributed by atoms with Crippen molar-refractivity contribution in [1.29, 1.82) is 0 Å². The molecule has 20 heavy (non-hydrogen) atoms. The monoisotopic (exact) mass is 342 g/mol. The summed E-state index contributed by atoms with van der Waals surface area (Å²) >= 11 is 3.30. The van der Waals surface area contributed by atoms with Crippen LogP contribution in [-0.4, -0.2) is 24.1 Å². The molecule has 1 aliphatic carbocycles. The maximum atomic E-state index is 10.9. The van der Waals surface area contributed by atoms with Crippen LogP contribution in [0, 0.1) is 10.1 Å². The Morgan fingerprint density at radius 3 is 2.70 bits per heavy atom. The quantitative estimate of drug-likeness (QED) is 0.657. The lowest BCUT2D eigenvalue weighted by atomic mass is 9.93. The highest BCUT2D eigenvalue weighted by atomic mass is 79.9. The number of benzene rings is 1. The van der Waals surface area contributed by atoms with Crippen LogP contribution in [0.4, 0.5) is 5.69 Å². The molecule has 0 radical (unpaired) electrons. The summed E-state index contributed by atoms with van der Waals surface area (Å²) in [7, 11) is 1.99. The van der Waals surface area contributed by atoms with E-state index < -0.39 is 0 Å². The van der Waals surface area contributed by atoms with Crippen LogP contribution in [0.1, 0.15) is 31.2 Å². The van der Waals surface area contributed by atoms with Gasteiger partial charge in [0.15, 0.2) is 0 Å². The zero-order valence-electron chi connectivity index (χ0n) is 11.5. The minimum Gasteiger partial charge on any atom is -0.373 e. The predicted octanol–water partition coefficient (Wildman–Crippen LogP) is 3.40. The summed E-state index contributed by atoms with van der Waals surface area (Å²) in [5.41, 5.74) is 0.917. The molecular formula is C14H19BrN2O3. The number of rotatable bonds is 5. The fourth-order valence-corrected chi connectivity index (χ4v) is 3.07. The van der Waals surface area contributed by atoms with E-state index in [1.165, 1.54) is 6.07 Å². The molecule has 6 heteroatoms. The van der Waals surface area contributed by atoms with Gasteiger partial charge in [-0.15, -0.1) is 0 Å². The molecule has 1 aromatic carbocycles. The summed E-state index contributed by atoms with van der Waals surface area (Å²) in [6, 6.07) is 5.64. The molecule has 1 aromatic rings. The molecule has 2 rings (SSSR count). The summed E-state index contributed by atoms with van der Waals surface area (Å²) in [6.45, 7) is 0.414. The van der Waals surface area contributed by atoms with Crippen molar-refractivity contribution in [2.24, 2.45) is 0 Å². The Morgan fingerprint density at radius 2 is 2.10 bits per heavy atom. The highest BCUT2D eigenvalue weighted by molar-refractivity contribution is 9.10. The second-order valence-electron chi connectivity index (χ2n) is 5.08. The van der Waals surface area contributed by atoms with Gasteiger partial charge in [0.25, 0.3) is 5.69 Å². The van der Waals surface area contributed by atoms with E-state index in [0.717, 1.165) is 31.2 Å². The summed E-state index contributed by atoms with van der Waals surface area (Å²) < 4.78 is 6.42. The summed E-state index contributed by atoms with van der Waals surface area (Å²) in [5, 5.41) is 14.2. The number of nitro benzene ring substituents is 1. The van der Waals surface area contributed by atoms with Crippen LogP contribution in [0.2, 0.25) is 0 Å². The number of ether oxygens (including phenoxy) is 1. The molecule has 5 nitrogen and oxygen atoms in total. The van der Waals surface area contributed by atoms with Crippen LogP contribution in [0.15, 0.2) is 22.7 Å². The van der Waals surface area contributed by atoms with E-state index in [0.29, 0.717) is 17.1 Å². The first-order valence-electron chi connectivity index (χ1n) is 6.82. The molecule has 0 unspecified atom stereocenters. The minimum atomic E-state index is -0.383. The van der Waals surface area contributed by atoms with Gasteiger partial charge in [-0.05, 0) is 54.2 Å². The van der Waals surface area contributed by atoms with Gasteiger partial charge in [0.2, 0.25) is 0 Å². The number of nitrogens with one attached hydrogen (secondary N) is 1. The Bertz CT molecular complexity index is 473. The zero-order chi connectivity index (χ0) is 14.5. The molecule has 0 aromatic heterocycles. The number of hydrogen-bond acceptors (Lipinski definition) is 4. The molecule has 0 amide bonds. The van der Waals surface area contributed by atoms with Gasteiger partial charge >= 0.3 is 0 Å². The SMILES string of the molecule is CNC1CCC(OCc2cccc([N+](=O)[O-])c2Br)CC1. The topological polar surface area (TPSA) is 64.4 Å². The van der Waals surface area contributed by atoms with E-state index in [-0.39, 0.29) is 16.7 Å². The first kappa shape index (κ1) is 15.4. The Balaban J connectivity index is 1.92. The zero-order valence-corrected chi connectivity index (χ0v) is 13.1. The number of nitrogens with zero attached hydrogens (tertiary/aromatic N) is 1. The van der Waals surface area contributed by atoms with E-state index in [9.17, 15) is 10.1 Å². The number of hydrogen-bond donors (Lipinski definition) is 1. The average molecular weight is 343 g/mol. The first-order valence-corrected chi connectivity index (χ1v) is 7.61. The van der Waals surface area contributed by atoms with Crippen molar-refractivity contribution in [3.05, 3.63) is 38.3 Å². The van der Waals surface area contributed by atoms with Gasteiger partial charge in [-0.1, -0.05) is 12.1 Å². The minimum absolute atomic E-state index is 0.0880. The van der Waals surface area contributed by atoms with Crippen LogP contribution < -0.4 is 5.32 Å². The third kappa shape index (κ3) is 3.77. The van der Waals surface area contributed by atoms with Gasteiger partial charge in [0, 0.05) is 12.1 Å². The third-order valence-electron chi connectivity index (χ3n) is 3.81. The Hall–Kier alpha value is -0.980. The first-order chi connectivity index (χ1) is 9.61. The molecule has 1 saturated carbocycles. The lowest BCUT2D eigenvalue weighted by molar-refractivity contribution is -0.385. The van der Waals surface area contributed by atoms with Crippen molar-refractivity contribution in [1.82, 2.24) is 5.32 Å². The molecule has 0 atom stereocenters. The highest BCUT2D eigenvalue weighted by Gasteiger charge is 2.21. The number of nitro groups is 1. The maximum absolute atomic E-state index is 10.9. The van der Waals surface area contributed by atoms with Crippen LogP contribution in [-0.2, 0) is 11.3 Å². The van der Waals surface area contributed by atoms with Crippen molar-refractivity contribution in [3.8, 4) is 0 Å². The summed E-state index contributed by atoms with van der Waals surface area (Å²) in [4.78, 5) is 10.5. The molecule has 1 N–H and O–H groups in total. The molecule has 1 aliphatic rings. The van der Waals surface area contributed by atoms with Gasteiger partial charge in [-0.3, -0.25) is 10.1 Å². The van der Waals surface area contributed by atoms with E-state index in [2.05, 4.69) is 21.2 Å². The van der Waals surface area contributed by atoms with Gasteiger partial charge in [0.05, 0.1) is 17.6 Å². The van der Waals surface area contributed by atoms with Crippen molar-refractivity contribution in [3.63, 3.8) is 0 Å². The Kier molecular flexibility index (Phi) is 5.51. The predicted molar refractivity (Wildman–Crippen MR) is 80.7 cm³/mol.